The summed E-state index contributed by atoms with van der Waals surface area (Å²) in [6.45, 7) is 9.34. The third kappa shape index (κ3) is 7.25. The Morgan fingerprint density at radius 1 is 1.25 bits per heavy atom. The molecule has 0 rings (SSSR count). The number of esters is 1. The van der Waals surface area contributed by atoms with Gasteiger partial charge in [0.25, 0.3) is 0 Å². The van der Waals surface area contributed by atoms with Crippen molar-refractivity contribution in [2.75, 3.05) is 25.6 Å². The fraction of sp³-hybridized carbons (Fsp3) is 0.846. The number of rotatable bonds is 6. The number of methoxy groups -OCH3 is 1. The summed E-state index contributed by atoms with van der Waals surface area (Å²) < 4.78 is 9.91. The lowest BCUT2D eigenvalue weighted by molar-refractivity contribution is -0.142. The molecule has 0 saturated carbocycles. The minimum Gasteiger partial charge on any atom is -0.467 e. The fourth-order valence-electron chi connectivity index (χ4n) is 1.59. The van der Waals surface area contributed by atoms with Crippen LogP contribution in [0.15, 0.2) is 0 Å². The van der Waals surface area contributed by atoms with E-state index in [1.807, 2.05) is 13.8 Å². The molecule has 0 heterocycles. The highest BCUT2D eigenvalue weighted by Gasteiger charge is 2.29. The molecule has 0 aliphatic rings. The third-order valence-corrected chi connectivity index (χ3v) is 8.18. The molecule has 20 heavy (non-hydrogen) atoms. The Bertz CT molecular complexity index is 384. The number of alkyl carbamates (subject to hydrolysis) is 1. The lowest BCUT2D eigenvalue weighted by Gasteiger charge is -2.26. The monoisotopic (exact) mass is 323 g/mol. The van der Waals surface area contributed by atoms with E-state index in [2.05, 4.69) is 5.32 Å². The van der Waals surface area contributed by atoms with Gasteiger partial charge in [-0.3, -0.25) is 0 Å². The highest BCUT2D eigenvalue weighted by Crippen LogP contribution is 2.45. The summed E-state index contributed by atoms with van der Waals surface area (Å²) in [7, 11) is 1.30. The number of nitrogens with one attached hydrogen (secondary N) is 1. The van der Waals surface area contributed by atoms with E-state index in [9.17, 15) is 9.59 Å². The average molecular weight is 323 g/mol. The summed E-state index contributed by atoms with van der Waals surface area (Å²) in [6, 6.07) is -2.39. The van der Waals surface area contributed by atoms with Gasteiger partial charge in [-0.2, -0.15) is 0 Å². The summed E-state index contributed by atoms with van der Waals surface area (Å²) in [5, 5.41) is 2.57. The topological polar surface area (TPSA) is 64.6 Å². The number of ether oxygens (including phenoxy) is 2. The SMILES string of the molecule is CCP(=S)(CC)C[C@@H](NC(=O)OC(C)(C)C)C(=O)OC. The molecule has 0 aliphatic heterocycles. The molecule has 0 bridgehead atoms. The first-order chi connectivity index (χ1) is 9.06. The van der Waals surface area contributed by atoms with E-state index in [4.69, 9.17) is 21.3 Å². The molecule has 0 spiro atoms. The molecular weight excluding hydrogens is 297 g/mol. The summed E-state index contributed by atoms with van der Waals surface area (Å²) in [6.07, 6.45) is 1.54. The molecule has 1 N–H and O–H groups in total. The van der Waals surface area contributed by atoms with Gasteiger partial charge < -0.3 is 14.8 Å². The number of carbonyl (C=O) groups is 2. The first kappa shape index (κ1) is 19.4. The summed E-state index contributed by atoms with van der Waals surface area (Å²) in [4.78, 5) is 23.6. The Morgan fingerprint density at radius 3 is 2.10 bits per heavy atom. The largest absolute Gasteiger partial charge is 0.467 e. The van der Waals surface area contributed by atoms with E-state index in [-0.39, 0.29) is 0 Å². The Kier molecular flexibility index (Phi) is 7.74. The van der Waals surface area contributed by atoms with Crippen molar-refractivity contribution in [3.05, 3.63) is 0 Å². The van der Waals surface area contributed by atoms with Crippen molar-refractivity contribution in [3.8, 4) is 0 Å². The highest BCUT2D eigenvalue weighted by molar-refractivity contribution is 8.14. The van der Waals surface area contributed by atoms with Crippen molar-refractivity contribution in [1.29, 1.82) is 0 Å². The van der Waals surface area contributed by atoms with E-state index in [1.54, 1.807) is 20.8 Å². The van der Waals surface area contributed by atoms with Gasteiger partial charge in [0.15, 0.2) is 0 Å². The van der Waals surface area contributed by atoms with Gasteiger partial charge in [-0.25, -0.2) is 9.59 Å². The van der Waals surface area contributed by atoms with Crippen molar-refractivity contribution >= 4 is 29.9 Å². The first-order valence-electron chi connectivity index (χ1n) is 6.71. The van der Waals surface area contributed by atoms with Crippen molar-refractivity contribution in [1.82, 2.24) is 5.32 Å². The number of hydrogen-bond acceptors (Lipinski definition) is 5. The number of amides is 1. The van der Waals surface area contributed by atoms with Crippen LogP contribution < -0.4 is 5.32 Å². The molecular formula is C13H26NO4PS. The van der Waals surface area contributed by atoms with Gasteiger partial charge in [0.1, 0.15) is 11.6 Å². The number of hydrogen-bond donors (Lipinski definition) is 1. The minimum absolute atomic E-state index is 0.460. The van der Waals surface area contributed by atoms with E-state index < -0.39 is 29.7 Å². The van der Waals surface area contributed by atoms with E-state index in [0.717, 1.165) is 12.3 Å². The zero-order valence-electron chi connectivity index (χ0n) is 13.2. The van der Waals surface area contributed by atoms with Crippen LogP contribution in [0.2, 0.25) is 0 Å². The Labute approximate surface area is 126 Å². The van der Waals surface area contributed by atoms with Crippen LogP contribution in [0.4, 0.5) is 4.79 Å². The first-order valence-corrected chi connectivity index (χ1v) is 10.1. The molecule has 7 heteroatoms. The standard InChI is InChI=1S/C13H26NO4PS/c1-7-19(20,8-2)9-10(11(15)17-6)14-12(16)18-13(3,4)5/h10H,7-9H2,1-6H3,(H,14,16)/t10-/m1/s1. The van der Waals surface area contributed by atoms with Crippen molar-refractivity contribution in [2.45, 2.75) is 46.3 Å². The molecule has 0 aromatic heterocycles. The zero-order valence-corrected chi connectivity index (χ0v) is 14.9. The molecule has 5 nitrogen and oxygen atoms in total. The van der Waals surface area contributed by atoms with E-state index in [1.165, 1.54) is 7.11 Å². The van der Waals surface area contributed by atoms with Gasteiger partial charge in [-0.1, -0.05) is 25.7 Å². The molecule has 0 fully saturated rings. The smallest absolute Gasteiger partial charge is 0.408 e. The summed E-state index contributed by atoms with van der Waals surface area (Å²) >= 11 is 5.62. The predicted molar refractivity (Wildman–Crippen MR) is 85.4 cm³/mol. The Hall–Kier alpha value is -0.610. The van der Waals surface area contributed by atoms with Gasteiger partial charge in [-0.05, 0) is 39.1 Å². The van der Waals surface area contributed by atoms with Gasteiger partial charge in [0.05, 0.1) is 7.11 Å². The average Bonchev–Trinajstić information content (AvgIpc) is 2.34. The van der Waals surface area contributed by atoms with Crippen molar-refractivity contribution in [3.63, 3.8) is 0 Å². The van der Waals surface area contributed by atoms with Crippen LogP contribution >= 0.6 is 6.04 Å². The fourth-order valence-corrected chi connectivity index (χ4v) is 3.90. The van der Waals surface area contributed by atoms with Gasteiger partial charge in [0.2, 0.25) is 0 Å². The van der Waals surface area contributed by atoms with Crippen LogP contribution in [0.25, 0.3) is 0 Å². The van der Waals surface area contributed by atoms with Gasteiger partial charge >= 0.3 is 12.1 Å². The second-order valence-electron chi connectivity index (χ2n) is 5.60. The number of carbonyl (C=O) groups excluding carboxylic acids is 2. The maximum atomic E-state index is 11.8. The van der Waals surface area contributed by atoms with Gasteiger partial charge in [0, 0.05) is 6.16 Å². The van der Waals surface area contributed by atoms with Gasteiger partial charge in [-0.15, -0.1) is 0 Å². The van der Waals surface area contributed by atoms with E-state index in [0.29, 0.717) is 6.16 Å². The molecule has 0 unspecified atom stereocenters. The van der Waals surface area contributed by atoms with Crippen LogP contribution in [0, 0.1) is 0 Å². The van der Waals surface area contributed by atoms with Crippen LogP contribution in [-0.2, 0) is 26.1 Å². The van der Waals surface area contributed by atoms with Crippen LogP contribution in [0.1, 0.15) is 34.6 Å². The molecule has 0 aromatic carbocycles. The maximum absolute atomic E-state index is 11.8. The van der Waals surface area contributed by atoms with Crippen molar-refractivity contribution in [2.24, 2.45) is 0 Å². The summed E-state index contributed by atoms with van der Waals surface area (Å²) in [5.41, 5.74) is -0.611. The molecule has 1 amide bonds. The Balaban J connectivity index is 4.88. The second-order valence-corrected chi connectivity index (χ2v) is 11.7. The third-order valence-electron chi connectivity index (χ3n) is 2.84. The molecule has 0 aromatic rings. The molecule has 0 aliphatic carbocycles. The Morgan fingerprint density at radius 2 is 1.75 bits per heavy atom. The zero-order chi connectivity index (χ0) is 16.0. The second kappa shape index (κ2) is 7.99. The maximum Gasteiger partial charge on any atom is 0.408 e. The molecule has 0 radical (unpaired) electrons. The lowest BCUT2D eigenvalue weighted by Crippen LogP contribution is -2.46. The van der Waals surface area contributed by atoms with Crippen molar-refractivity contribution < 1.29 is 19.1 Å². The van der Waals surface area contributed by atoms with Crippen LogP contribution in [0.5, 0.6) is 0 Å². The quantitative estimate of drug-likeness (QED) is 0.601. The summed E-state index contributed by atoms with van der Waals surface area (Å²) in [5.74, 6) is -0.480. The lowest BCUT2D eigenvalue weighted by atomic mass is 10.2. The molecule has 0 saturated heterocycles. The minimum atomic E-state index is -1.65. The van der Waals surface area contributed by atoms with E-state index >= 15 is 0 Å². The molecule has 118 valence electrons. The van der Waals surface area contributed by atoms with Crippen LogP contribution in [-0.4, -0.2) is 49.3 Å². The highest BCUT2D eigenvalue weighted by atomic mass is 32.4. The molecule has 1 atom stereocenters. The van der Waals surface area contributed by atoms with Crippen LogP contribution in [0.3, 0.4) is 0 Å². The normalized spacial score (nSPS) is 13.5. The predicted octanol–water partition coefficient (Wildman–Crippen LogP) is 2.57.